The number of urea groups is 1. The molecule has 2 rings (SSSR count). The number of rotatable bonds is 5. The smallest absolute Gasteiger partial charge is 0.316 e. The molecule has 2 aromatic rings. The highest BCUT2D eigenvalue weighted by Gasteiger charge is 2.06. The highest BCUT2D eigenvalue weighted by Crippen LogP contribution is 2.22. The number of hydrogen-bond acceptors (Lipinski definition) is 2. The fourth-order valence-corrected chi connectivity index (χ4v) is 2.20. The lowest BCUT2D eigenvalue weighted by atomic mass is 10.0. The minimum Gasteiger partial charge on any atom is -0.378 e. The monoisotopic (exact) mass is 283 g/mol. The fraction of sp³-hybridized carbons (Fsp3) is 0.235. The summed E-state index contributed by atoms with van der Waals surface area (Å²) in [6.07, 6.45) is 1.04. The number of anilines is 2. The van der Waals surface area contributed by atoms with Gasteiger partial charge in [0.15, 0.2) is 0 Å². The Morgan fingerprint density at radius 2 is 1.81 bits per heavy atom. The molecule has 2 amide bonds. The largest absolute Gasteiger partial charge is 0.378 e. The number of primary amides is 1. The predicted molar refractivity (Wildman–Crippen MR) is 87.5 cm³/mol. The molecular weight excluding hydrogens is 262 g/mol. The maximum Gasteiger partial charge on any atom is 0.316 e. The lowest BCUT2D eigenvalue weighted by molar-refractivity contribution is 0.259. The summed E-state index contributed by atoms with van der Waals surface area (Å²) in [4.78, 5) is 10.9. The van der Waals surface area contributed by atoms with Crippen LogP contribution < -0.4 is 16.4 Å². The molecule has 0 aliphatic heterocycles. The van der Waals surface area contributed by atoms with E-state index in [4.69, 9.17) is 5.73 Å². The van der Waals surface area contributed by atoms with Gasteiger partial charge in [0.25, 0.3) is 0 Å². The van der Waals surface area contributed by atoms with Crippen LogP contribution in [0.4, 0.5) is 16.2 Å². The van der Waals surface area contributed by atoms with E-state index in [1.165, 1.54) is 11.1 Å². The molecule has 21 heavy (non-hydrogen) atoms. The molecular formula is C17H21N3O. The Labute approximate surface area is 125 Å². The van der Waals surface area contributed by atoms with Crippen LogP contribution in [0, 0.1) is 0 Å². The standard InChI is InChI=1S/C17H21N3O/c1-3-13-7-9-14(10-8-13)12(2)19-15-5-4-6-16(11-15)20-17(18)21/h4-12,19H,3H2,1-2H3,(H3,18,20,21). The molecule has 0 aliphatic rings. The average Bonchev–Trinajstić information content (AvgIpc) is 2.47. The molecule has 0 saturated carbocycles. The molecule has 2 aromatic carbocycles. The molecule has 110 valence electrons. The van der Waals surface area contributed by atoms with E-state index >= 15 is 0 Å². The first-order chi connectivity index (χ1) is 10.1. The van der Waals surface area contributed by atoms with E-state index in [1.807, 2.05) is 18.2 Å². The van der Waals surface area contributed by atoms with E-state index in [9.17, 15) is 4.79 Å². The van der Waals surface area contributed by atoms with Crippen molar-refractivity contribution in [2.75, 3.05) is 10.6 Å². The van der Waals surface area contributed by atoms with Crippen molar-refractivity contribution in [1.29, 1.82) is 0 Å². The van der Waals surface area contributed by atoms with Crippen LogP contribution in [0.3, 0.4) is 0 Å². The molecule has 1 atom stereocenters. The Balaban J connectivity index is 2.07. The molecule has 0 bridgehead atoms. The van der Waals surface area contributed by atoms with Crippen molar-refractivity contribution in [3.05, 3.63) is 59.7 Å². The van der Waals surface area contributed by atoms with Gasteiger partial charge < -0.3 is 16.4 Å². The number of aryl methyl sites for hydroxylation is 1. The maximum absolute atomic E-state index is 10.9. The van der Waals surface area contributed by atoms with Gasteiger partial charge in [-0.1, -0.05) is 37.3 Å². The summed E-state index contributed by atoms with van der Waals surface area (Å²) in [5, 5.41) is 5.99. The Bertz CT molecular complexity index is 608. The van der Waals surface area contributed by atoms with Crippen LogP contribution in [0.1, 0.15) is 31.0 Å². The molecule has 0 saturated heterocycles. The van der Waals surface area contributed by atoms with Gasteiger partial charge in [0.1, 0.15) is 0 Å². The van der Waals surface area contributed by atoms with Crippen LogP contribution in [0.2, 0.25) is 0 Å². The second-order valence-electron chi connectivity index (χ2n) is 5.03. The van der Waals surface area contributed by atoms with Crippen LogP contribution >= 0.6 is 0 Å². The minimum absolute atomic E-state index is 0.180. The SMILES string of the molecule is CCc1ccc(C(C)Nc2cccc(NC(N)=O)c2)cc1. The lowest BCUT2D eigenvalue weighted by Gasteiger charge is -2.17. The number of hydrogen-bond donors (Lipinski definition) is 3. The topological polar surface area (TPSA) is 67.2 Å². The molecule has 1 unspecified atom stereocenters. The lowest BCUT2D eigenvalue weighted by Crippen LogP contribution is -2.19. The van der Waals surface area contributed by atoms with Crippen LogP contribution in [0.25, 0.3) is 0 Å². The predicted octanol–water partition coefficient (Wildman–Crippen LogP) is 3.91. The first-order valence-corrected chi connectivity index (χ1v) is 7.10. The number of amides is 2. The van der Waals surface area contributed by atoms with Crippen molar-refractivity contribution < 1.29 is 4.79 Å². The van der Waals surface area contributed by atoms with E-state index < -0.39 is 6.03 Å². The van der Waals surface area contributed by atoms with E-state index in [2.05, 4.69) is 48.7 Å². The number of carbonyl (C=O) groups is 1. The van der Waals surface area contributed by atoms with Gasteiger partial charge in [-0.15, -0.1) is 0 Å². The summed E-state index contributed by atoms with van der Waals surface area (Å²) in [7, 11) is 0. The summed E-state index contributed by atoms with van der Waals surface area (Å²) in [6, 6.07) is 15.7. The molecule has 4 nitrogen and oxygen atoms in total. The first-order valence-electron chi connectivity index (χ1n) is 7.10. The number of carbonyl (C=O) groups excluding carboxylic acids is 1. The van der Waals surface area contributed by atoms with Crippen molar-refractivity contribution >= 4 is 17.4 Å². The Hall–Kier alpha value is -2.49. The molecule has 0 fully saturated rings. The molecule has 0 aromatic heterocycles. The zero-order chi connectivity index (χ0) is 15.2. The summed E-state index contributed by atoms with van der Waals surface area (Å²) in [6.45, 7) is 4.25. The molecule has 4 heteroatoms. The maximum atomic E-state index is 10.9. The zero-order valence-corrected chi connectivity index (χ0v) is 12.4. The Morgan fingerprint density at radius 1 is 1.14 bits per heavy atom. The molecule has 0 spiro atoms. The van der Waals surface area contributed by atoms with Gasteiger partial charge in [-0.2, -0.15) is 0 Å². The van der Waals surface area contributed by atoms with Crippen LogP contribution in [0.15, 0.2) is 48.5 Å². The van der Waals surface area contributed by atoms with Crippen LogP contribution in [-0.4, -0.2) is 6.03 Å². The third-order valence-electron chi connectivity index (χ3n) is 3.40. The first kappa shape index (κ1) is 14.9. The Morgan fingerprint density at radius 3 is 2.43 bits per heavy atom. The van der Waals surface area contributed by atoms with Crippen LogP contribution in [0.5, 0.6) is 0 Å². The van der Waals surface area contributed by atoms with Gasteiger partial charge in [-0.05, 0) is 42.7 Å². The number of nitrogens with two attached hydrogens (primary N) is 1. The second kappa shape index (κ2) is 6.79. The highest BCUT2D eigenvalue weighted by molar-refractivity contribution is 5.88. The van der Waals surface area contributed by atoms with Crippen molar-refractivity contribution in [1.82, 2.24) is 0 Å². The molecule has 0 heterocycles. The van der Waals surface area contributed by atoms with Crippen molar-refractivity contribution in [3.8, 4) is 0 Å². The third kappa shape index (κ3) is 4.24. The van der Waals surface area contributed by atoms with Gasteiger partial charge in [0, 0.05) is 17.4 Å². The van der Waals surface area contributed by atoms with Gasteiger partial charge >= 0.3 is 6.03 Å². The van der Waals surface area contributed by atoms with Crippen molar-refractivity contribution in [2.45, 2.75) is 26.3 Å². The minimum atomic E-state index is -0.560. The van der Waals surface area contributed by atoms with E-state index in [0.717, 1.165) is 12.1 Å². The summed E-state index contributed by atoms with van der Waals surface area (Å²) >= 11 is 0. The summed E-state index contributed by atoms with van der Waals surface area (Å²) in [5.74, 6) is 0. The number of nitrogens with one attached hydrogen (secondary N) is 2. The molecule has 0 radical (unpaired) electrons. The zero-order valence-electron chi connectivity index (χ0n) is 12.4. The van der Waals surface area contributed by atoms with E-state index in [-0.39, 0.29) is 6.04 Å². The van der Waals surface area contributed by atoms with Gasteiger partial charge in [0.05, 0.1) is 0 Å². The summed E-state index contributed by atoms with van der Waals surface area (Å²) < 4.78 is 0. The molecule has 0 aliphatic carbocycles. The van der Waals surface area contributed by atoms with E-state index in [0.29, 0.717) is 5.69 Å². The van der Waals surface area contributed by atoms with Gasteiger partial charge in [-0.25, -0.2) is 4.79 Å². The average molecular weight is 283 g/mol. The normalized spacial score (nSPS) is 11.7. The van der Waals surface area contributed by atoms with Gasteiger partial charge in [0.2, 0.25) is 0 Å². The second-order valence-corrected chi connectivity index (χ2v) is 5.03. The molecule has 4 N–H and O–H groups in total. The number of benzene rings is 2. The fourth-order valence-electron chi connectivity index (χ4n) is 2.20. The summed E-state index contributed by atoms with van der Waals surface area (Å²) in [5.41, 5.74) is 9.30. The Kier molecular flexibility index (Phi) is 4.82. The van der Waals surface area contributed by atoms with Crippen LogP contribution in [-0.2, 0) is 6.42 Å². The highest BCUT2D eigenvalue weighted by atomic mass is 16.2. The van der Waals surface area contributed by atoms with Crippen molar-refractivity contribution in [3.63, 3.8) is 0 Å². The van der Waals surface area contributed by atoms with Gasteiger partial charge in [-0.3, -0.25) is 0 Å². The van der Waals surface area contributed by atoms with Crippen molar-refractivity contribution in [2.24, 2.45) is 5.73 Å². The third-order valence-corrected chi connectivity index (χ3v) is 3.40. The van der Waals surface area contributed by atoms with E-state index in [1.54, 1.807) is 6.07 Å². The quantitative estimate of drug-likeness (QED) is 0.778.